The van der Waals surface area contributed by atoms with E-state index in [-0.39, 0.29) is 5.60 Å². The Morgan fingerprint density at radius 1 is 1.55 bits per heavy atom. The van der Waals surface area contributed by atoms with Crippen LogP contribution in [-0.4, -0.2) is 12.2 Å². The van der Waals surface area contributed by atoms with Crippen molar-refractivity contribution in [1.29, 1.82) is 0 Å². The van der Waals surface area contributed by atoms with Crippen LogP contribution in [0.3, 0.4) is 0 Å². The second-order valence-corrected chi connectivity index (χ2v) is 3.66. The zero-order valence-corrected chi connectivity index (χ0v) is 6.81. The molecule has 1 aliphatic heterocycles. The van der Waals surface area contributed by atoms with Gasteiger partial charge >= 0.3 is 0 Å². The van der Waals surface area contributed by atoms with E-state index >= 15 is 0 Å². The van der Waals surface area contributed by atoms with E-state index < -0.39 is 0 Å². The minimum absolute atomic E-state index is 0.255. The van der Waals surface area contributed by atoms with Gasteiger partial charge < -0.3 is 4.74 Å². The highest BCUT2D eigenvalue weighted by Gasteiger charge is 2.51. The molecule has 0 radical (unpaired) electrons. The molecular weight excluding hydrogens is 136 g/mol. The molecule has 2 aliphatic rings. The first kappa shape index (κ1) is 7.18. The van der Waals surface area contributed by atoms with Crippen molar-refractivity contribution in [2.45, 2.75) is 37.7 Å². The van der Waals surface area contributed by atoms with Crippen molar-refractivity contribution in [3.05, 3.63) is 0 Å². The molecule has 1 saturated carbocycles. The van der Waals surface area contributed by atoms with Gasteiger partial charge in [-0.3, -0.25) is 0 Å². The van der Waals surface area contributed by atoms with Gasteiger partial charge in [-0.1, -0.05) is 0 Å². The average molecular weight is 150 g/mol. The Morgan fingerprint density at radius 3 is 3.00 bits per heavy atom. The van der Waals surface area contributed by atoms with Crippen LogP contribution in [0, 0.1) is 18.3 Å². The largest absolute Gasteiger partial charge is 0.375 e. The second-order valence-electron chi connectivity index (χ2n) is 3.66. The molecule has 1 saturated heterocycles. The molecule has 11 heavy (non-hydrogen) atoms. The first-order valence-corrected chi connectivity index (χ1v) is 4.45. The van der Waals surface area contributed by atoms with E-state index in [9.17, 15) is 0 Å². The van der Waals surface area contributed by atoms with E-state index in [4.69, 9.17) is 11.2 Å². The highest BCUT2D eigenvalue weighted by Crippen LogP contribution is 2.51. The lowest BCUT2D eigenvalue weighted by Gasteiger charge is -2.30. The summed E-state index contributed by atoms with van der Waals surface area (Å²) in [5.74, 6) is 3.42. The van der Waals surface area contributed by atoms with Gasteiger partial charge in [-0.25, -0.2) is 0 Å². The fourth-order valence-electron chi connectivity index (χ4n) is 2.09. The summed E-state index contributed by atoms with van der Waals surface area (Å²) in [6, 6.07) is 0. The lowest BCUT2D eigenvalue weighted by molar-refractivity contribution is -0.0454. The third-order valence-electron chi connectivity index (χ3n) is 2.94. The molecule has 1 heteroatoms. The van der Waals surface area contributed by atoms with E-state index in [1.54, 1.807) is 0 Å². The highest BCUT2D eigenvalue weighted by molar-refractivity contribution is 5.06. The molecular formula is C10H14O. The molecule has 1 spiro atoms. The molecule has 1 atom stereocenters. The average Bonchev–Trinajstić information content (AvgIpc) is 2.77. The maximum absolute atomic E-state index is 5.75. The van der Waals surface area contributed by atoms with Crippen LogP contribution < -0.4 is 0 Å². The summed E-state index contributed by atoms with van der Waals surface area (Å²) in [6.07, 6.45) is 11.2. The van der Waals surface area contributed by atoms with Crippen molar-refractivity contribution < 1.29 is 4.74 Å². The molecule has 0 aromatic rings. The van der Waals surface area contributed by atoms with Crippen LogP contribution in [0.5, 0.6) is 0 Å². The topological polar surface area (TPSA) is 9.23 Å². The second kappa shape index (κ2) is 2.53. The predicted octanol–water partition coefficient (Wildman–Crippen LogP) is 1.97. The lowest BCUT2D eigenvalue weighted by Crippen LogP contribution is -2.31. The van der Waals surface area contributed by atoms with Crippen molar-refractivity contribution in [3.63, 3.8) is 0 Å². The fraction of sp³-hybridized carbons (Fsp3) is 0.800. The van der Waals surface area contributed by atoms with Crippen molar-refractivity contribution in [2.75, 3.05) is 6.61 Å². The summed E-state index contributed by atoms with van der Waals surface area (Å²) in [5.41, 5.74) is 0.255. The van der Waals surface area contributed by atoms with Crippen LogP contribution in [0.1, 0.15) is 32.1 Å². The third-order valence-corrected chi connectivity index (χ3v) is 2.94. The predicted molar refractivity (Wildman–Crippen MR) is 44.1 cm³/mol. The number of ether oxygens (including phenoxy) is 1. The first-order valence-electron chi connectivity index (χ1n) is 4.45. The molecule has 60 valence electrons. The smallest absolute Gasteiger partial charge is 0.0721 e. The molecule has 0 unspecified atom stereocenters. The SMILES string of the molecule is C#CC[C@H]1CCCOC12CC2. The van der Waals surface area contributed by atoms with Crippen molar-refractivity contribution in [1.82, 2.24) is 0 Å². The minimum Gasteiger partial charge on any atom is -0.375 e. The summed E-state index contributed by atoms with van der Waals surface area (Å²) < 4.78 is 5.75. The van der Waals surface area contributed by atoms with Crippen molar-refractivity contribution in [3.8, 4) is 12.3 Å². The number of rotatable bonds is 1. The molecule has 2 fully saturated rings. The Bertz CT molecular complexity index is 186. The van der Waals surface area contributed by atoms with Crippen LogP contribution >= 0.6 is 0 Å². The van der Waals surface area contributed by atoms with E-state index in [2.05, 4.69) is 5.92 Å². The van der Waals surface area contributed by atoms with Crippen LogP contribution in [-0.2, 0) is 4.74 Å². The molecule has 0 bridgehead atoms. The fourth-order valence-corrected chi connectivity index (χ4v) is 2.09. The van der Waals surface area contributed by atoms with E-state index in [0.29, 0.717) is 5.92 Å². The van der Waals surface area contributed by atoms with Crippen LogP contribution in [0.4, 0.5) is 0 Å². The van der Waals surface area contributed by atoms with Gasteiger partial charge in [-0.15, -0.1) is 12.3 Å². The summed E-state index contributed by atoms with van der Waals surface area (Å²) in [7, 11) is 0. The maximum Gasteiger partial charge on any atom is 0.0721 e. The zero-order chi connectivity index (χ0) is 7.73. The van der Waals surface area contributed by atoms with Crippen molar-refractivity contribution in [2.24, 2.45) is 5.92 Å². The first-order chi connectivity index (χ1) is 5.37. The number of hydrogen-bond acceptors (Lipinski definition) is 1. The van der Waals surface area contributed by atoms with Crippen LogP contribution in [0.2, 0.25) is 0 Å². The molecule has 2 rings (SSSR count). The van der Waals surface area contributed by atoms with Crippen molar-refractivity contribution >= 4 is 0 Å². The molecule has 0 N–H and O–H groups in total. The van der Waals surface area contributed by atoms with Gasteiger partial charge in [0.15, 0.2) is 0 Å². The summed E-state index contributed by atoms with van der Waals surface area (Å²) in [6.45, 7) is 0.959. The quantitative estimate of drug-likeness (QED) is 0.519. The van der Waals surface area contributed by atoms with Crippen LogP contribution in [0.25, 0.3) is 0 Å². The Kier molecular flexibility index (Phi) is 1.65. The van der Waals surface area contributed by atoms with Gasteiger partial charge in [0.05, 0.1) is 5.60 Å². The number of terminal acetylenes is 1. The van der Waals surface area contributed by atoms with E-state index in [0.717, 1.165) is 13.0 Å². The number of hydrogen-bond donors (Lipinski definition) is 0. The minimum atomic E-state index is 0.255. The summed E-state index contributed by atoms with van der Waals surface area (Å²) in [4.78, 5) is 0. The Hall–Kier alpha value is -0.480. The maximum atomic E-state index is 5.75. The van der Waals surface area contributed by atoms with Gasteiger partial charge in [0.1, 0.15) is 0 Å². The zero-order valence-electron chi connectivity index (χ0n) is 6.81. The highest BCUT2D eigenvalue weighted by atomic mass is 16.5. The Balaban J connectivity index is 2.00. The van der Waals surface area contributed by atoms with Gasteiger partial charge in [0, 0.05) is 13.0 Å². The standard InChI is InChI=1S/C10H14O/c1-2-4-9-5-3-8-11-10(9)6-7-10/h1,9H,3-8H2/t9-/m0/s1. The molecule has 0 aromatic heterocycles. The van der Waals surface area contributed by atoms with Gasteiger partial charge in [-0.2, -0.15) is 0 Å². The van der Waals surface area contributed by atoms with Gasteiger partial charge in [0.25, 0.3) is 0 Å². The van der Waals surface area contributed by atoms with E-state index in [1.807, 2.05) is 0 Å². The molecule has 0 amide bonds. The monoisotopic (exact) mass is 150 g/mol. The Morgan fingerprint density at radius 2 is 2.36 bits per heavy atom. The van der Waals surface area contributed by atoms with Crippen LogP contribution in [0.15, 0.2) is 0 Å². The summed E-state index contributed by atoms with van der Waals surface area (Å²) >= 11 is 0. The summed E-state index contributed by atoms with van der Waals surface area (Å²) in [5, 5.41) is 0. The molecule has 1 aliphatic carbocycles. The molecule has 1 nitrogen and oxygen atoms in total. The van der Waals surface area contributed by atoms with Gasteiger partial charge in [0.2, 0.25) is 0 Å². The lowest BCUT2D eigenvalue weighted by atomic mass is 9.89. The normalized spacial score (nSPS) is 33.2. The molecule has 0 aromatic carbocycles. The Labute approximate surface area is 68.1 Å². The van der Waals surface area contributed by atoms with Gasteiger partial charge in [-0.05, 0) is 31.6 Å². The third kappa shape index (κ3) is 1.16. The van der Waals surface area contributed by atoms with E-state index in [1.165, 1.54) is 25.7 Å². The molecule has 1 heterocycles.